The van der Waals surface area contributed by atoms with E-state index in [9.17, 15) is 9.59 Å². The lowest BCUT2D eigenvalue weighted by Gasteiger charge is -2.21. The van der Waals surface area contributed by atoms with Gasteiger partial charge >= 0.3 is 5.97 Å². The summed E-state index contributed by atoms with van der Waals surface area (Å²) in [7, 11) is 0. The highest BCUT2D eigenvalue weighted by atomic mass is 16.4. The number of carboxylic acids is 1. The second-order valence-electron chi connectivity index (χ2n) is 3.84. The summed E-state index contributed by atoms with van der Waals surface area (Å²) >= 11 is 0. The predicted octanol–water partition coefficient (Wildman–Crippen LogP) is 0.505. The molecule has 0 heterocycles. The molecule has 5 nitrogen and oxygen atoms in total. The van der Waals surface area contributed by atoms with Crippen LogP contribution in [-0.4, -0.2) is 29.1 Å². The van der Waals surface area contributed by atoms with Crippen molar-refractivity contribution in [3.05, 3.63) is 12.7 Å². The third-order valence-electron chi connectivity index (χ3n) is 2.53. The maximum atomic E-state index is 11.5. The van der Waals surface area contributed by atoms with Crippen molar-refractivity contribution in [2.45, 2.75) is 38.8 Å². The highest BCUT2D eigenvalue weighted by Crippen LogP contribution is 2.08. The molecule has 92 valence electrons. The molecule has 0 aliphatic heterocycles. The molecule has 4 N–H and O–H groups in total. The number of aliphatic carboxylic acids is 1. The Hall–Kier alpha value is -1.36. The van der Waals surface area contributed by atoms with E-state index < -0.39 is 24.0 Å². The standard InChI is InChI=1S/C11H20N2O3/c1-4-6-8(12)10(14)13-9(11(15)16)7(3)5-2/h4,7-9H,1,5-6,12H2,2-3H3,(H,13,14)(H,15,16)/t7?,8?,9-/m0/s1. The summed E-state index contributed by atoms with van der Waals surface area (Å²) in [5.41, 5.74) is 5.54. The summed E-state index contributed by atoms with van der Waals surface area (Å²) in [5, 5.41) is 11.4. The lowest BCUT2D eigenvalue weighted by molar-refractivity contribution is -0.143. The van der Waals surface area contributed by atoms with Crippen molar-refractivity contribution in [3.63, 3.8) is 0 Å². The quantitative estimate of drug-likeness (QED) is 0.553. The molecule has 0 fully saturated rings. The van der Waals surface area contributed by atoms with Gasteiger partial charge in [-0.3, -0.25) is 4.79 Å². The molecule has 1 amide bonds. The second kappa shape index (κ2) is 7.00. The molecule has 0 aromatic rings. The van der Waals surface area contributed by atoms with Gasteiger partial charge < -0.3 is 16.2 Å². The number of carbonyl (C=O) groups excluding carboxylic acids is 1. The summed E-state index contributed by atoms with van der Waals surface area (Å²) in [6.45, 7) is 7.12. The van der Waals surface area contributed by atoms with Crippen molar-refractivity contribution < 1.29 is 14.7 Å². The topological polar surface area (TPSA) is 92.4 Å². The van der Waals surface area contributed by atoms with Crippen molar-refractivity contribution in [2.24, 2.45) is 11.7 Å². The van der Waals surface area contributed by atoms with Crippen molar-refractivity contribution in [2.75, 3.05) is 0 Å². The lowest BCUT2D eigenvalue weighted by Crippen LogP contribution is -2.50. The van der Waals surface area contributed by atoms with Crippen LogP contribution >= 0.6 is 0 Å². The molecular formula is C11H20N2O3. The van der Waals surface area contributed by atoms with Gasteiger partial charge in [0.05, 0.1) is 6.04 Å². The van der Waals surface area contributed by atoms with Crippen LogP contribution in [-0.2, 0) is 9.59 Å². The molecule has 0 radical (unpaired) electrons. The molecular weight excluding hydrogens is 208 g/mol. The maximum absolute atomic E-state index is 11.5. The van der Waals surface area contributed by atoms with Crippen molar-refractivity contribution in [3.8, 4) is 0 Å². The first-order valence-electron chi connectivity index (χ1n) is 5.33. The molecule has 0 aliphatic rings. The van der Waals surface area contributed by atoms with Crippen LogP contribution in [0.3, 0.4) is 0 Å². The van der Waals surface area contributed by atoms with E-state index in [0.29, 0.717) is 12.8 Å². The number of hydrogen-bond acceptors (Lipinski definition) is 3. The van der Waals surface area contributed by atoms with Crippen molar-refractivity contribution in [1.82, 2.24) is 5.32 Å². The van der Waals surface area contributed by atoms with E-state index in [-0.39, 0.29) is 5.92 Å². The summed E-state index contributed by atoms with van der Waals surface area (Å²) in [6.07, 6.45) is 2.54. The van der Waals surface area contributed by atoms with Gasteiger partial charge in [0, 0.05) is 0 Å². The molecule has 0 spiro atoms. The minimum Gasteiger partial charge on any atom is -0.480 e. The molecule has 0 bridgehead atoms. The summed E-state index contributed by atoms with van der Waals surface area (Å²) in [6, 6.07) is -1.61. The second-order valence-corrected chi connectivity index (χ2v) is 3.84. The Kier molecular flexibility index (Phi) is 6.41. The minimum atomic E-state index is -1.03. The van der Waals surface area contributed by atoms with Gasteiger partial charge in [0.25, 0.3) is 0 Å². The fraction of sp³-hybridized carbons (Fsp3) is 0.636. The summed E-state index contributed by atoms with van der Waals surface area (Å²) in [5.74, 6) is -1.61. The summed E-state index contributed by atoms with van der Waals surface area (Å²) < 4.78 is 0. The van der Waals surface area contributed by atoms with E-state index >= 15 is 0 Å². The number of nitrogens with one attached hydrogen (secondary N) is 1. The predicted molar refractivity (Wildman–Crippen MR) is 61.8 cm³/mol. The van der Waals surface area contributed by atoms with Crippen LogP contribution in [0.4, 0.5) is 0 Å². The molecule has 0 aromatic heterocycles. The minimum absolute atomic E-state index is 0.127. The first-order chi connectivity index (χ1) is 7.43. The molecule has 5 heteroatoms. The van der Waals surface area contributed by atoms with Crippen molar-refractivity contribution in [1.29, 1.82) is 0 Å². The molecule has 0 aromatic carbocycles. The average Bonchev–Trinajstić information content (AvgIpc) is 2.24. The Bertz CT molecular complexity index is 266. The average molecular weight is 228 g/mol. The largest absolute Gasteiger partial charge is 0.480 e. The zero-order chi connectivity index (χ0) is 12.7. The van der Waals surface area contributed by atoms with Gasteiger partial charge in [-0.2, -0.15) is 0 Å². The zero-order valence-electron chi connectivity index (χ0n) is 9.77. The van der Waals surface area contributed by atoms with Crippen LogP contribution in [0.2, 0.25) is 0 Å². The number of amides is 1. The molecule has 0 rings (SSSR count). The van der Waals surface area contributed by atoms with Gasteiger partial charge in [0.1, 0.15) is 6.04 Å². The first-order valence-corrected chi connectivity index (χ1v) is 5.33. The van der Waals surface area contributed by atoms with E-state index in [4.69, 9.17) is 10.8 Å². The molecule has 0 saturated carbocycles. The van der Waals surface area contributed by atoms with Crippen LogP contribution in [0.15, 0.2) is 12.7 Å². The van der Waals surface area contributed by atoms with Crippen molar-refractivity contribution >= 4 is 11.9 Å². The normalized spacial score (nSPS) is 15.9. The van der Waals surface area contributed by atoms with Crippen LogP contribution < -0.4 is 11.1 Å². The van der Waals surface area contributed by atoms with E-state index in [1.807, 2.05) is 6.92 Å². The molecule has 0 aliphatic carbocycles. The van der Waals surface area contributed by atoms with Crippen LogP contribution in [0.25, 0.3) is 0 Å². The van der Waals surface area contributed by atoms with Gasteiger partial charge in [-0.25, -0.2) is 4.79 Å². The SMILES string of the molecule is C=CCC(N)C(=O)N[C@H](C(=O)O)C(C)CC. The Morgan fingerprint density at radius 2 is 2.12 bits per heavy atom. The van der Waals surface area contributed by atoms with Gasteiger partial charge in [0.2, 0.25) is 5.91 Å². The first kappa shape index (κ1) is 14.6. The van der Waals surface area contributed by atoms with E-state index in [0.717, 1.165) is 0 Å². The van der Waals surface area contributed by atoms with Crippen LogP contribution in [0.1, 0.15) is 26.7 Å². The van der Waals surface area contributed by atoms with E-state index in [2.05, 4.69) is 11.9 Å². The van der Waals surface area contributed by atoms with Gasteiger partial charge in [-0.05, 0) is 12.3 Å². The molecule has 16 heavy (non-hydrogen) atoms. The van der Waals surface area contributed by atoms with Gasteiger partial charge in [0.15, 0.2) is 0 Å². The van der Waals surface area contributed by atoms with Crippen LogP contribution in [0.5, 0.6) is 0 Å². The number of carboxylic acid groups (broad SMARTS) is 1. The smallest absolute Gasteiger partial charge is 0.326 e. The highest BCUT2D eigenvalue weighted by molar-refractivity contribution is 5.87. The van der Waals surface area contributed by atoms with E-state index in [1.54, 1.807) is 6.92 Å². The third-order valence-corrected chi connectivity index (χ3v) is 2.53. The summed E-state index contributed by atoms with van der Waals surface area (Å²) in [4.78, 5) is 22.5. The Morgan fingerprint density at radius 1 is 1.56 bits per heavy atom. The third kappa shape index (κ3) is 4.44. The Balaban J connectivity index is 4.45. The number of hydrogen-bond donors (Lipinski definition) is 3. The Labute approximate surface area is 95.7 Å². The number of rotatable bonds is 7. The van der Waals surface area contributed by atoms with Gasteiger partial charge in [-0.1, -0.05) is 26.3 Å². The highest BCUT2D eigenvalue weighted by Gasteiger charge is 2.26. The number of nitrogens with two attached hydrogens (primary N) is 1. The maximum Gasteiger partial charge on any atom is 0.326 e. The fourth-order valence-corrected chi connectivity index (χ4v) is 1.23. The molecule has 3 atom stereocenters. The van der Waals surface area contributed by atoms with E-state index in [1.165, 1.54) is 6.08 Å². The fourth-order valence-electron chi connectivity index (χ4n) is 1.23. The molecule has 2 unspecified atom stereocenters. The lowest BCUT2D eigenvalue weighted by atomic mass is 9.99. The molecule has 0 saturated heterocycles. The Morgan fingerprint density at radius 3 is 2.50 bits per heavy atom. The monoisotopic (exact) mass is 228 g/mol. The van der Waals surface area contributed by atoms with Gasteiger partial charge in [-0.15, -0.1) is 6.58 Å². The number of carbonyl (C=O) groups is 2. The van der Waals surface area contributed by atoms with Crippen LogP contribution in [0, 0.1) is 5.92 Å². The zero-order valence-corrected chi connectivity index (χ0v) is 9.77.